The maximum Gasteiger partial charge on any atom is 0.310 e. The van der Waals surface area contributed by atoms with E-state index in [0.29, 0.717) is 25.4 Å². The third-order valence-electron chi connectivity index (χ3n) is 4.51. The van der Waals surface area contributed by atoms with Crippen molar-refractivity contribution in [3.8, 4) is 0 Å². The third kappa shape index (κ3) is 3.09. The zero-order valence-corrected chi connectivity index (χ0v) is 13.9. The molecule has 0 aromatic rings. The predicted octanol–water partition coefficient (Wildman–Crippen LogP) is -1.16. The van der Waals surface area contributed by atoms with Crippen LogP contribution in [0.1, 0.15) is 26.7 Å². The highest BCUT2D eigenvalue weighted by molar-refractivity contribution is 5.94. The Labute approximate surface area is 140 Å². The van der Waals surface area contributed by atoms with Crippen LogP contribution in [0.3, 0.4) is 0 Å². The van der Waals surface area contributed by atoms with E-state index in [1.165, 1.54) is 0 Å². The Morgan fingerprint density at radius 1 is 1.42 bits per heavy atom. The van der Waals surface area contributed by atoms with E-state index in [0.717, 1.165) is 12.8 Å². The number of allylic oxidation sites excluding steroid dienone is 1. The second-order valence-electron chi connectivity index (χ2n) is 6.26. The number of carbonyl (C=O) groups is 3. The van der Waals surface area contributed by atoms with Gasteiger partial charge in [0, 0.05) is 25.0 Å². The van der Waals surface area contributed by atoms with Crippen LogP contribution in [0.4, 0.5) is 0 Å². The fraction of sp³-hybridized carbons (Fsp3) is 0.667. The van der Waals surface area contributed by atoms with Crippen molar-refractivity contribution >= 4 is 17.8 Å². The van der Waals surface area contributed by atoms with Gasteiger partial charge in [0.1, 0.15) is 6.04 Å². The molecule has 0 aromatic carbocycles. The minimum Gasteiger partial charge on any atom is -0.466 e. The summed E-state index contributed by atoms with van der Waals surface area (Å²) in [5.74, 6) is -0.976. The first-order chi connectivity index (χ1) is 11.5. The molecule has 9 heteroatoms. The summed E-state index contributed by atoms with van der Waals surface area (Å²) >= 11 is 0. The fourth-order valence-corrected chi connectivity index (χ4v) is 3.38. The lowest BCUT2D eigenvalue weighted by Gasteiger charge is -2.34. The third-order valence-corrected chi connectivity index (χ3v) is 4.51. The number of hydrogen-bond acceptors (Lipinski definition) is 7. The second kappa shape index (κ2) is 6.78. The first-order valence-electron chi connectivity index (χ1n) is 8.25. The highest BCUT2D eigenvalue weighted by atomic mass is 16.5. The smallest absolute Gasteiger partial charge is 0.310 e. The summed E-state index contributed by atoms with van der Waals surface area (Å²) in [6.45, 7) is 4.79. The number of hydrogen-bond donors (Lipinski definition) is 3. The normalized spacial score (nSPS) is 29.7. The molecule has 2 saturated heterocycles. The molecule has 3 rings (SSSR count). The Bertz CT molecular complexity index is 578. The zero-order chi connectivity index (χ0) is 17.3. The molecule has 3 heterocycles. The molecule has 3 unspecified atom stereocenters. The first kappa shape index (κ1) is 16.7. The number of hydrazine groups is 2. The molecule has 132 valence electrons. The van der Waals surface area contributed by atoms with E-state index in [1.807, 2.05) is 0 Å². The Balaban J connectivity index is 1.68. The van der Waals surface area contributed by atoms with Gasteiger partial charge < -0.3 is 15.0 Å². The maximum absolute atomic E-state index is 12.9. The minimum absolute atomic E-state index is 0.188. The van der Waals surface area contributed by atoms with Gasteiger partial charge in [-0.2, -0.15) is 5.53 Å². The van der Waals surface area contributed by atoms with Crippen LogP contribution in [0.5, 0.6) is 0 Å². The highest BCUT2D eigenvalue weighted by Crippen LogP contribution is 2.22. The molecule has 3 N–H and O–H groups in total. The molecular weight excluding hydrogens is 314 g/mol. The van der Waals surface area contributed by atoms with E-state index in [-0.39, 0.29) is 23.7 Å². The van der Waals surface area contributed by atoms with Crippen LogP contribution < -0.4 is 16.3 Å². The predicted molar refractivity (Wildman–Crippen MR) is 83.5 cm³/mol. The van der Waals surface area contributed by atoms with Gasteiger partial charge in [0.15, 0.2) is 6.04 Å². The quantitative estimate of drug-likeness (QED) is 0.558. The van der Waals surface area contributed by atoms with Gasteiger partial charge in [-0.15, -0.1) is 0 Å². The summed E-state index contributed by atoms with van der Waals surface area (Å²) in [6, 6.07) is -1.35. The largest absolute Gasteiger partial charge is 0.466 e. The Hall–Kier alpha value is -2.13. The van der Waals surface area contributed by atoms with Crippen molar-refractivity contribution < 1.29 is 19.1 Å². The molecule has 3 atom stereocenters. The van der Waals surface area contributed by atoms with Crippen molar-refractivity contribution in [2.75, 3.05) is 19.7 Å². The summed E-state index contributed by atoms with van der Waals surface area (Å²) in [6.07, 6.45) is 3.20. The second-order valence-corrected chi connectivity index (χ2v) is 6.26. The molecule has 0 aliphatic carbocycles. The van der Waals surface area contributed by atoms with Crippen molar-refractivity contribution in [2.24, 2.45) is 5.92 Å². The van der Waals surface area contributed by atoms with E-state index >= 15 is 0 Å². The van der Waals surface area contributed by atoms with Crippen molar-refractivity contribution in [3.63, 3.8) is 0 Å². The Morgan fingerprint density at radius 2 is 2.21 bits per heavy atom. The average Bonchev–Trinajstić information content (AvgIpc) is 2.98. The molecule has 24 heavy (non-hydrogen) atoms. The van der Waals surface area contributed by atoms with Gasteiger partial charge in [0.25, 0.3) is 5.91 Å². The summed E-state index contributed by atoms with van der Waals surface area (Å²) in [7, 11) is 0. The number of nitrogens with one attached hydrogen (secondary N) is 3. The van der Waals surface area contributed by atoms with Crippen molar-refractivity contribution in [1.82, 2.24) is 26.2 Å². The van der Waals surface area contributed by atoms with Crippen molar-refractivity contribution in [2.45, 2.75) is 38.8 Å². The number of rotatable bonds is 3. The van der Waals surface area contributed by atoms with Crippen molar-refractivity contribution in [1.29, 1.82) is 0 Å². The monoisotopic (exact) mass is 337 g/mol. The van der Waals surface area contributed by atoms with Gasteiger partial charge in [-0.3, -0.25) is 19.4 Å². The van der Waals surface area contributed by atoms with E-state index in [1.54, 1.807) is 30.0 Å². The van der Waals surface area contributed by atoms with Gasteiger partial charge in [0.2, 0.25) is 5.91 Å². The topological polar surface area (TPSA) is 103 Å². The van der Waals surface area contributed by atoms with Crippen LogP contribution in [0.15, 0.2) is 11.9 Å². The number of amides is 2. The minimum atomic E-state index is -0.699. The van der Waals surface area contributed by atoms with E-state index in [9.17, 15) is 14.4 Å². The van der Waals surface area contributed by atoms with Gasteiger partial charge in [-0.25, -0.2) is 5.43 Å². The standard InChI is InChI=1S/C15H23N5O4/c1-3-24-15(23)10-5-4-6-19(8-10)14(22)11-12-13(21)16-9(2)7-20(12)18-17-11/h7,10-12,17-18H,3-6,8H2,1-2H3,(H,16,21). The molecule has 3 aliphatic rings. The number of carbonyl (C=O) groups excluding carboxylic acids is 3. The van der Waals surface area contributed by atoms with Crippen LogP contribution in [-0.4, -0.2) is 59.5 Å². The van der Waals surface area contributed by atoms with Crippen molar-refractivity contribution in [3.05, 3.63) is 11.9 Å². The zero-order valence-electron chi connectivity index (χ0n) is 13.9. The number of nitrogens with zero attached hydrogens (tertiary/aromatic N) is 2. The van der Waals surface area contributed by atoms with Gasteiger partial charge in [-0.05, 0) is 26.7 Å². The summed E-state index contributed by atoms with van der Waals surface area (Å²) < 4.78 is 5.06. The lowest BCUT2D eigenvalue weighted by molar-refractivity contribution is -0.152. The summed E-state index contributed by atoms with van der Waals surface area (Å²) in [5.41, 5.74) is 6.44. The van der Waals surface area contributed by atoms with Crippen LogP contribution in [0.25, 0.3) is 0 Å². The van der Waals surface area contributed by atoms with Crippen LogP contribution in [0, 0.1) is 5.92 Å². The lowest BCUT2D eigenvalue weighted by Crippen LogP contribution is -2.57. The molecule has 0 saturated carbocycles. The number of esters is 1. The molecule has 3 aliphatic heterocycles. The molecule has 9 nitrogen and oxygen atoms in total. The molecule has 0 radical (unpaired) electrons. The van der Waals surface area contributed by atoms with Gasteiger partial charge >= 0.3 is 5.97 Å². The number of likely N-dealkylation sites (tertiary alicyclic amines) is 1. The van der Waals surface area contributed by atoms with E-state index in [2.05, 4.69) is 16.3 Å². The molecule has 0 bridgehead atoms. The number of piperidine rings is 1. The summed E-state index contributed by atoms with van der Waals surface area (Å²) in [4.78, 5) is 38.7. The molecule has 0 spiro atoms. The van der Waals surface area contributed by atoms with Gasteiger partial charge in [0.05, 0.1) is 12.5 Å². The molecular formula is C15H23N5O4. The Morgan fingerprint density at radius 3 is 2.96 bits per heavy atom. The fourth-order valence-electron chi connectivity index (χ4n) is 3.38. The molecule has 0 aromatic heterocycles. The summed E-state index contributed by atoms with van der Waals surface area (Å²) in [5, 5.41) is 4.34. The average molecular weight is 337 g/mol. The number of fused-ring (bicyclic) bond motifs is 1. The van der Waals surface area contributed by atoms with Crippen LogP contribution in [0.2, 0.25) is 0 Å². The molecule has 2 fully saturated rings. The first-order valence-corrected chi connectivity index (χ1v) is 8.25. The Kier molecular flexibility index (Phi) is 4.72. The van der Waals surface area contributed by atoms with Crippen LogP contribution in [-0.2, 0) is 19.1 Å². The van der Waals surface area contributed by atoms with E-state index < -0.39 is 12.1 Å². The van der Waals surface area contributed by atoms with Gasteiger partial charge in [-0.1, -0.05) is 0 Å². The molecule has 2 amide bonds. The maximum atomic E-state index is 12.9. The lowest BCUT2D eigenvalue weighted by atomic mass is 9.96. The SMILES string of the molecule is CCOC(=O)C1CCCN(C(=O)C2NNN3C=C(C)NC(=O)C23)C1. The van der Waals surface area contributed by atoms with E-state index in [4.69, 9.17) is 4.74 Å². The van der Waals surface area contributed by atoms with Crippen LogP contribution >= 0.6 is 0 Å². The highest BCUT2D eigenvalue weighted by Gasteiger charge is 2.46. The number of ether oxygens (including phenoxy) is 1.